The van der Waals surface area contributed by atoms with Crippen molar-refractivity contribution in [2.45, 2.75) is 12.5 Å². The molecule has 1 aromatic carbocycles. The van der Waals surface area contributed by atoms with E-state index >= 15 is 0 Å². The Labute approximate surface area is 148 Å². The summed E-state index contributed by atoms with van der Waals surface area (Å²) in [7, 11) is 3.75. The normalized spacial score (nSPS) is 16.9. The minimum atomic E-state index is -0.542. The van der Waals surface area contributed by atoms with Crippen molar-refractivity contribution < 1.29 is 14.6 Å². The summed E-state index contributed by atoms with van der Waals surface area (Å²) in [6, 6.07) is 8.10. The molecule has 1 aromatic heterocycles. The molecule has 0 bridgehead atoms. The van der Waals surface area contributed by atoms with Crippen molar-refractivity contribution in [1.82, 2.24) is 14.4 Å². The van der Waals surface area contributed by atoms with Crippen molar-refractivity contribution in [3.05, 3.63) is 36.0 Å². The number of aliphatic hydroxyl groups excluding tert-OH is 1. The van der Waals surface area contributed by atoms with Gasteiger partial charge in [-0.15, -0.1) is 0 Å². The molecule has 1 fully saturated rings. The molecule has 3 rings (SSSR count). The molecule has 0 aliphatic carbocycles. The second-order valence-electron chi connectivity index (χ2n) is 6.80. The van der Waals surface area contributed by atoms with Crippen LogP contribution in [0.15, 0.2) is 30.5 Å². The number of hydrogen-bond acceptors (Lipinski definition) is 4. The summed E-state index contributed by atoms with van der Waals surface area (Å²) in [6.45, 7) is 4.02. The molecule has 0 saturated carbocycles. The van der Waals surface area contributed by atoms with Gasteiger partial charge in [0.15, 0.2) is 0 Å². The van der Waals surface area contributed by atoms with Crippen LogP contribution in [0.4, 0.5) is 0 Å². The smallest absolute Gasteiger partial charge is 0.226 e. The molecule has 136 valence electrons. The predicted molar refractivity (Wildman–Crippen MR) is 97.5 cm³/mol. The van der Waals surface area contributed by atoms with Crippen molar-refractivity contribution in [3.63, 3.8) is 0 Å². The van der Waals surface area contributed by atoms with E-state index in [9.17, 15) is 9.90 Å². The fourth-order valence-electron chi connectivity index (χ4n) is 3.42. The van der Waals surface area contributed by atoms with Crippen LogP contribution in [0.25, 0.3) is 10.9 Å². The van der Waals surface area contributed by atoms with Crippen LogP contribution < -0.4 is 0 Å². The highest BCUT2D eigenvalue weighted by atomic mass is 16.5. The van der Waals surface area contributed by atoms with E-state index in [1.54, 1.807) is 11.9 Å². The molecule has 2 heterocycles. The van der Waals surface area contributed by atoms with Gasteiger partial charge in [0.05, 0.1) is 25.7 Å². The van der Waals surface area contributed by atoms with Crippen LogP contribution >= 0.6 is 0 Å². The summed E-state index contributed by atoms with van der Waals surface area (Å²) in [4.78, 5) is 16.4. The summed E-state index contributed by atoms with van der Waals surface area (Å²) in [6.07, 6.45) is 1.82. The highest BCUT2D eigenvalue weighted by molar-refractivity contribution is 5.89. The summed E-state index contributed by atoms with van der Waals surface area (Å²) >= 11 is 0. The van der Waals surface area contributed by atoms with Crippen LogP contribution in [0, 0.1) is 0 Å². The predicted octanol–water partition coefficient (Wildman–Crippen LogP) is 0.872. The Bertz CT molecular complexity index is 722. The second-order valence-corrected chi connectivity index (χ2v) is 6.80. The van der Waals surface area contributed by atoms with E-state index in [-0.39, 0.29) is 5.91 Å². The highest BCUT2D eigenvalue weighted by Crippen LogP contribution is 2.21. The van der Waals surface area contributed by atoms with Gasteiger partial charge in [-0.1, -0.05) is 18.2 Å². The topological polar surface area (TPSA) is 57.9 Å². The largest absolute Gasteiger partial charge is 0.390 e. The first-order valence-electron chi connectivity index (χ1n) is 8.79. The van der Waals surface area contributed by atoms with Crippen LogP contribution in [-0.4, -0.2) is 77.9 Å². The number of benzene rings is 1. The van der Waals surface area contributed by atoms with Gasteiger partial charge in [0.2, 0.25) is 5.91 Å². The number of carbonyl (C=O) groups is 1. The average molecular weight is 345 g/mol. The summed E-state index contributed by atoms with van der Waals surface area (Å²) in [5.74, 6) is 0.0254. The Morgan fingerprint density at radius 1 is 1.32 bits per heavy atom. The van der Waals surface area contributed by atoms with Gasteiger partial charge >= 0.3 is 0 Å². The Morgan fingerprint density at radius 2 is 2.04 bits per heavy atom. The zero-order valence-corrected chi connectivity index (χ0v) is 15.0. The lowest BCUT2D eigenvalue weighted by Crippen LogP contribution is -2.45. The van der Waals surface area contributed by atoms with Crippen LogP contribution in [0.1, 0.15) is 5.56 Å². The van der Waals surface area contributed by atoms with E-state index in [0.29, 0.717) is 32.7 Å². The molecule has 1 unspecified atom stereocenters. The van der Waals surface area contributed by atoms with Crippen LogP contribution in [-0.2, 0) is 23.0 Å². The zero-order chi connectivity index (χ0) is 17.8. The molecule has 1 aliphatic rings. The fraction of sp³-hybridized carbons (Fsp3) is 0.526. The molecule has 6 heteroatoms. The van der Waals surface area contributed by atoms with E-state index in [1.807, 2.05) is 36.0 Å². The fourth-order valence-corrected chi connectivity index (χ4v) is 3.42. The number of rotatable bonds is 6. The zero-order valence-electron chi connectivity index (χ0n) is 15.0. The van der Waals surface area contributed by atoms with Gasteiger partial charge < -0.3 is 19.3 Å². The molecule has 0 radical (unpaired) electrons. The van der Waals surface area contributed by atoms with Gasteiger partial charge in [-0.25, -0.2) is 0 Å². The molecule has 1 saturated heterocycles. The van der Waals surface area contributed by atoms with Gasteiger partial charge in [0.1, 0.15) is 0 Å². The van der Waals surface area contributed by atoms with Crippen molar-refractivity contribution in [2.24, 2.45) is 7.05 Å². The number of fused-ring (bicyclic) bond motifs is 1. The molecule has 0 spiro atoms. The van der Waals surface area contributed by atoms with Crippen molar-refractivity contribution in [3.8, 4) is 0 Å². The quantitative estimate of drug-likeness (QED) is 0.844. The first kappa shape index (κ1) is 17.9. The Morgan fingerprint density at radius 3 is 2.80 bits per heavy atom. The molecule has 25 heavy (non-hydrogen) atoms. The number of hydrogen-bond donors (Lipinski definition) is 1. The maximum absolute atomic E-state index is 12.6. The molecule has 1 amide bonds. The first-order chi connectivity index (χ1) is 12.0. The van der Waals surface area contributed by atoms with Gasteiger partial charge in [-0.3, -0.25) is 9.69 Å². The second kappa shape index (κ2) is 7.99. The Balaban J connectivity index is 1.56. The number of carbonyl (C=O) groups excluding carboxylic acids is 1. The van der Waals surface area contributed by atoms with Crippen LogP contribution in [0.3, 0.4) is 0 Å². The minimum Gasteiger partial charge on any atom is -0.390 e. The van der Waals surface area contributed by atoms with Gasteiger partial charge in [-0.05, 0) is 11.6 Å². The lowest BCUT2D eigenvalue weighted by atomic mass is 10.1. The van der Waals surface area contributed by atoms with Crippen molar-refractivity contribution in [1.29, 1.82) is 0 Å². The van der Waals surface area contributed by atoms with Crippen molar-refractivity contribution in [2.75, 3.05) is 46.4 Å². The minimum absolute atomic E-state index is 0.0254. The summed E-state index contributed by atoms with van der Waals surface area (Å²) in [5.41, 5.74) is 2.15. The van der Waals surface area contributed by atoms with Gasteiger partial charge in [-0.2, -0.15) is 0 Å². The number of nitrogens with zero attached hydrogens (tertiary/aromatic N) is 3. The SMILES string of the molecule is CN(CC(O)CN1CCOCC1)C(=O)Cc1cn(C)c2ccccc12. The van der Waals surface area contributed by atoms with Gasteiger partial charge in [0.25, 0.3) is 0 Å². The van der Waals surface area contributed by atoms with E-state index in [2.05, 4.69) is 11.0 Å². The number of morpholine rings is 1. The average Bonchev–Trinajstić information content (AvgIpc) is 2.92. The maximum Gasteiger partial charge on any atom is 0.226 e. The molecule has 1 atom stereocenters. The number of aromatic nitrogens is 1. The maximum atomic E-state index is 12.6. The molecular weight excluding hydrogens is 318 g/mol. The number of aliphatic hydroxyl groups is 1. The summed E-state index contributed by atoms with van der Waals surface area (Å²) in [5, 5.41) is 11.4. The van der Waals surface area contributed by atoms with Gasteiger partial charge in [0, 0.05) is 57.4 Å². The number of likely N-dealkylation sites (N-methyl/N-ethyl adjacent to an activating group) is 1. The third-order valence-electron chi connectivity index (χ3n) is 4.80. The molecule has 1 aliphatic heterocycles. The molecule has 1 N–H and O–H groups in total. The Hall–Kier alpha value is -1.89. The standard InChI is InChI=1S/C19H27N3O3/c1-20-12-15(17-5-3-4-6-18(17)20)11-19(24)21(2)13-16(23)14-22-7-9-25-10-8-22/h3-6,12,16,23H,7-11,13-14H2,1-2H3. The molecule has 2 aromatic rings. The van der Waals surface area contributed by atoms with E-state index in [0.717, 1.165) is 29.6 Å². The highest BCUT2D eigenvalue weighted by Gasteiger charge is 2.19. The monoisotopic (exact) mass is 345 g/mol. The molecule has 6 nitrogen and oxygen atoms in total. The van der Waals surface area contributed by atoms with E-state index < -0.39 is 6.10 Å². The van der Waals surface area contributed by atoms with E-state index in [4.69, 9.17) is 4.74 Å². The number of aryl methyl sites for hydroxylation is 1. The van der Waals surface area contributed by atoms with Crippen LogP contribution in [0.2, 0.25) is 0 Å². The lowest BCUT2D eigenvalue weighted by Gasteiger charge is -2.30. The third-order valence-corrected chi connectivity index (χ3v) is 4.80. The first-order valence-corrected chi connectivity index (χ1v) is 8.79. The van der Waals surface area contributed by atoms with E-state index in [1.165, 1.54) is 0 Å². The lowest BCUT2D eigenvalue weighted by molar-refractivity contribution is -0.130. The summed E-state index contributed by atoms with van der Waals surface area (Å²) < 4.78 is 7.36. The third kappa shape index (κ3) is 4.39. The number of amides is 1. The van der Waals surface area contributed by atoms with Crippen LogP contribution in [0.5, 0.6) is 0 Å². The number of β-amino-alcohol motifs (C(OH)–C–C–N with tert-alkyl or cyclic N) is 1. The van der Waals surface area contributed by atoms with Crippen molar-refractivity contribution >= 4 is 16.8 Å². The Kier molecular flexibility index (Phi) is 5.73. The number of para-hydroxylation sites is 1. The molecular formula is C19H27N3O3. The number of ether oxygens (including phenoxy) is 1.